The summed E-state index contributed by atoms with van der Waals surface area (Å²) in [7, 11) is 1.83. The van der Waals surface area contributed by atoms with Gasteiger partial charge in [0, 0.05) is 26.2 Å². The van der Waals surface area contributed by atoms with Gasteiger partial charge in [-0.05, 0) is 23.6 Å². The number of rotatable bonds is 8. The van der Waals surface area contributed by atoms with Crippen molar-refractivity contribution >= 4 is 34.8 Å². The number of nitrogens with one attached hydrogen (secondary N) is 2. The highest BCUT2D eigenvalue weighted by molar-refractivity contribution is 6.32. The number of carbonyl (C=O) groups excluding carboxylic acids is 1. The Bertz CT molecular complexity index is 1010. The predicted octanol–water partition coefficient (Wildman–Crippen LogP) is 3.91. The van der Waals surface area contributed by atoms with E-state index in [9.17, 15) is 4.79 Å². The average Bonchev–Trinajstić information content (AvgIpc) is 3.07. The quantitative estimate of drug-likeness (QED) is 0.561. The van der Waals surface area contributed by atoms with Crippen LogP contribution in [0.2, 0.25) is 5.02 Å². The van der Waals surface area contributed by atoms with Crippen LogP contribution < -0.4 is 10.6 Å². The second-order valence-electron chi connectivity index (χ2n) is 6.47. The summed E-state index contributed by atoms with van der Waals surface area (Å²) < 4.78 is 1.68. The highest BCUT2D eigenvalue weighted by Crippen LogP contribution is 2.22. The Morgan fingerprint density at radius 2 is 2.07 bits per heavy atom. The van der Waals surface area contributed by atoms with E-state index in [1.807, 2.05) is 37.5 Å². The zero-order valence-electron chi connectivity index (χ0n) is 15.7. The van der Waals surface area contributed by atoms with Crippen LogP contribution in [0.4, 0.5) is 17.5 Å². The van der Waals surface area contributed by atoms with Crippen LogP contribution in [-0.4, -0.2) is 25.5 Å². The number of nitrogens with zero attached hydrogens (tertiary/aromatic N) is 4. The SMILES string of the molecule is C=C(C)C(=O)Cc1cccc(CNc2nc(Nc3cnn(C)c3)ncc2Cl)c1. The molecule has 0 saturated carbocycles. The number of Topliss-reactive ketones (excluding diaryl/α,β-unsaturated/α-hetero) is 1. The van der Waals surface area contributed by atoms with E-state index in [-0.39, 0.29) is 5.78 Å². The van der Waals surface area contributed by atoms with Gasteiger partial charge >= 0.3 is 0 Å². The van der Waals surface area contributed by atoms with Crippen molar-refractivity contribution in [1.82, 2.24) is 19.7 Å². The number of benzene rings is 1. The number of halogens is 1. The molecule has 144 valence electrons. The van der Waals surface area contributed by atoms with Crippen molar-refractivity contribution in [3.05, 3.63) is 71.2 Å². The standard InChI is InChI=1S/C20H21ClN6O/c1-13(2)18(28)8-14-5-4-6-15(7-14)9-22-19-17(21)11-23-20(26-19)25-16-10-24-27(3)12-16/h4-7,10-12H,1,8-9H2,2-3H3,(H2,22,23,25,26). The first-order chi connectivity index (χ1) is 13.4. The third-order valence-electron chi connectivity index (χ3n) is 4.00. The number of aromatic nitrogens is 4. The summed E-state index contributed by atoms with van der Waals surface area (Å²) in [6.45, 7) is 5.93. The van der Waals surface area contributed by atoms with Crippen LogP contribution in [-0.2, 0) is 24.8 Å². The third kappa shape index (κ3) is 5.17. The van der Waals surface area contributed by atoms with Gasteiger partial charge < -0.3 is 10.6 Å². The molecule has 2 aromatic heterocycles. The van der Waals surface area contributed by atoms with Crippen LogP contribution >= 0.6 is 11.6 Å². The first kappa shape index (κ1) is 19.6. The number of carbonyl (C=O) groups is 1. The molecule has 0 atom stereocenters. The van der Waals surface area contributed by atoms with E-state index in [4.69, 9.17) is 11.6 Å². The molecular formula is C20H21ClN6O. The summed E-state index contributed by atoms with van der Waals surface area (Å²) in [4.78, 5) is 20.5. The Labute approximate surface area is 168 Å². The van der Waals surface area contributed by atoms with Gasteiger partial charge in [-0.1, -0.05) is 42.4 Å². The highest BCUT2D eigenvalue weighted by Gasteiger charge is 2.08. The lowest BCUT2D eigenvalue weighted by Crippen LogP contribution is -2.06. The molecule has 1 aromatic carbocycles. The highest BCUT2D eigenvalue weighted by atomic mass is 35.5. The Morgan fingerprint density at radius 3 is 2.79 bits per heavy atom. The van der Waals surface area contributed by atoms with Crippen LogP contribution in [0, 0.1) is 0 Å². The lowest BCUT2D eigenvalue weighted by atomic mass is 10.0. The molecule has 28 heavy (non-hydrogen) atoms. The zero-order chi connectivity index (χ0) is 20.1. The fourth-order valence-corrected chi connectivity index (χ4v) is 2.70. The van der Waals surface area contributed by atoms with Gasteiger partial charge in [-0.3, -0.25) is 9.48 Å². The number of ketones is 1. The van der Waals surface area contributed by atoms with Crippen LogP contribution in [0.25, 0.3) is 0 Å². The molecule has 0 aliphatic rings. The molecule has 8 heteroatoms. The summed E-state index contributed by atoms with van der Waals surface area (Å²) in [5.74, 6) is 0.974. The predicted molar refractivity (Wildman–Crippen MR) is 111 cm³/mol. The molecule has 2 heterocycles. The van der Waals surface area contributed by atoms with Crippen LogP contribution in [0.5, 0.6) is 0 Å². The Kier molecular flexibility index (Phi) is 6.06. The van der Waals surface area contributed by atoms with Crippen molar-refractivity contribution in [2.24, 2.45) is 7.05 Å². The van der Waals surface area contributed by atoms with Gasteiger partial charge in [-0.2, -0.15) is 10.1 Å². The van der Waals surface area contributed by atoms with Gasteiger partial charge in [-0.25, -0.2) is 4.98 Å². The van der Waals surface area contributed by atoms with Crippen LogP contribution in [0.1, 0.15) is 18.1 Å². The van der Waals surface area contributed by atoms with E-state index in [2.05, 4.69) is 32.3 Å². The maximum atomic E-state index is 11.9. The summed E-state index contributed by atoms with van der Waals surface area (Å²) in [6.07, 6.45) is 5.39. The number of hydrogen-bond donors (Lipinski definition) is 2. The molecule has 0 bridgehead atoms. The van der Waals surface area contributed by atoms with Crippen molar-refractivity contribution in [3.63, 3.8) is 0 Å². The lowest BCUT2D eigenvalue weighted by Gasteiger charge is -2.10. The van der Waals surface area contributed by atoms with Crippen molar-refractivity contribution in [3.8, 4) is 0 Å². The topological polar surface area (TPSA) is 84.7 Å². The number of aryl methyl sites for hydroxylation is 1. The molecule has 7 nitrogen and oxygen atoms in total. The molecule has 0 spiro atoms. The fraction of sp³-hybridized carbons (Fsp3) is 0.200. The largest absolute Gasteiger partial charge is 0.365 e. The Morgan fingerprint density at radius 1 is 1.29 bits per heavy atom. The minimum absolute atomic E-state index is 0.0371. The van der Waals surface area contributed by atoms with Crippen molar-refractivity contribution in [2.45, 2.75) is 19.9 Å². The van der Waals surface area contributed by atoms with E-state index in [0.717, 1.165) is 16.8 Å². The van der Waals surface area contributed by atoms with Gasteiger partial charge in [0.15, 0.2) is 11.6 Å². The molecule has 3 aromatic rings. The smallest absolute Gasteiger partial charge is 0.229 e. The summed E-state index contributed by atoms with van der Waals surface area (Å²) in [5.41, 5.74) is 3.30. The van der Waals surface area contributed by atoms with E-state index in [1.165, 1.54) is 6.20 Å². The van der Waals surface area contributed by atoms with E-state index in [0.29, 0.717) is 35.3 Å². The van der Waals surface area contributed by atoms with Crippen molar-refractivity contribution in [1.29, 1.82) is 0 Å². The molecule has 0 amide bonds. The van der Waals surface area contributed by atoms with Gasteiger partial charge in [0.25, 0.3) is 0 Å². The molecule has 0 fully saturated rings. The molecule has 0 radical (unpaired) electrons. The summed E-state index contributed by atoms with van der Waals surface area (Å²) in [5, 5.41) is 10.8. The fourth-order valence-electron chi connectivity index (χ4n) is 2.54. The normalized spacial score (nSPS) is 10.5. The molecule has 2 N–H and O–H groups in total. The van der Waals surface area contributed by atoms with Crippen molar-refractivity contribution in [2.75, 3.05) is 10.6 Å². The molecular weight excluding hydrogens is 376 g/mol. The number of anilines is 3. The Hall–Kier alpha value is -3.19. The first-order valence-corrected chi connectivity index (χ1v) is 9.07. The van der Waals surface area contributed by atoms with Gasteiger partial charge in [0.05, 0.1) is 18.1 Å². The van der Waals surface area contributed by atoms with Gasteiger partial charge in [0.2, 0.25) is 5.95 Å². The second kappa shape index (κ2) is 8.67. The van der Waals surface area contributed by atoms with E-state index >= 15 is 0 Å². The summed E-state index contributed by atoms with van der Waals surface area (Å²) in [6, 6.07) is 7.82. The molecule has 0 saturated heterocycles. The molecule has 0 unspecified atom stereocenters. The van der Waals surface area contributed by atoms with E-state index < -0.39 is 0 Å². The second-order valence-corrected chi connectivity index (χ2v) is 6.88. The molecule has 0 aliphatic heterocycles. The Balaban J connectivity index is 1.68. The van der Waals surface area contributed by atoms with Crippen LogP contribution in [0.3, 0.4) is 0 Å². The third-order valence-corrected chi connectivity index (χ3v) is 4.27. The monoisotopic (exact) mass is 396 g/mol. The average molecular weight is 397 g/mol. The molecule has 0 aliphatic carbocycles. The minimum Gasteiger partial charge on any atom is -0.365 e. The zero-order valence-corrected chi connectivity index (χ0v) is 16.5. The van der Waals surface area contributed by atoms with Crippen molar-refractivity contribution < 1.29 is 4.79 Å². The minimum atomic E-state index is 0.0371. The maximum absolute atomic E-state index is 11.9. The number of hydrogen-bond acceptors (Lipinski definition) is 6. The van der Waals surface area contributed by atoms with Crippen LogP contribution in [0.15, 0.2) is 55.0 Å². The van der Waals surface area contributed by atoms with Gasteiger partial charge in [-0.15, -0.1) is 0 Å². The number of allylic oxidation sites excluding steroid dienone is 1. The summed E-state index contributed by atoms with van der Waals surface area (Å²) >= 11 is 6.22. The van der Waals surface area contributed by atoms with E-state index in [1.54, 1.807) is 17.8 Å². The molecule has 3 rings (SSSR count). The maximum Gasteiger partial charge on any atom is 0.229 e. The van der Waals surface area contributed by atoms with Gasteiger partial charge in [0.1, 0.15) is 5.02 Å². The lowest BCUT2D eigenvalue weighted by molar-refractivity contribution is -0.114. The first-order valence-electron chi connectivity index (χ1n) is 8.69.